The van der Waals surface area contributed by atoms with E-state index < -0.39 is 0 Å². The number of thiocarbonyl (C=S) groups is 1. The molecule has 2 rings (SSSR count). The molecule has 5 nitrogen and oxygen atoms in total. The summed E-state index contributed by atoms with van der Waals surface area (Å²) in [5.74, 6) is -0.200. The molecular weight excluding hydrogens is 308 g/mol. The summed E-state index contributed by atoms with van der Waals surface area (Å²) in [4.78, 5) is 11.7. The fraction of sp³-hybridized carbons (Fsp3) is 0.176. The lowest BCUT2D eigenvalue weighted by atomic mass is 10.2. The van der Waals surface area contributed by atoms with Gasteiger partial charge in [0.2, 0.25) is 0 Å². The highest BCUT2D eigenvalue weighted by Crippen LogP contribution is 2.07. The average molecular weight is 328 g/mol. The Bertz CT molecular complexity index is 643. The highest BCUT2D eigenvalue weighted by molar-refractivity contribution is 7.80. The molecule has 120 valence electrons. The predicted molar refractivity (Wildman–Crippen MR) is 96.8 cm³/mol. The minimum Gasteiger partial charge on any atom is -0.376 e. The first-order valence-corrected chi connectivity index (χ1v) is 7.71. The van der Waals surface area contributed by atoms with Crippen molar-refractivity contribution >= 4 is 28.9 Å². The van der Waals surface area contributed by atoms with Crippen molar-refractivity contribution in [1.82, 2.24) is 16.2 Å². The first-order chi connectivity index (χ1) is 11.1. The van der Waals surface area contributed by atoms with Crippen molar-refractivity contribution in [2.45, 2.75) is 13.5 Å². The van der Waals surface area contributed by atoms with Crippen molar-refractivity contribution in [3.63, 3.8) is 0 Å². The van der Waals surface area contributed by atoms with E-state index in [4.69, 9.17) is 12.2 Å². The predicted octanol–water partition coefficient (Wildman–Crippen LogP) is 2.10. The molecule has 0 aliphatic carbocycles. The largest absolute Gasteiger partial charge is 0.376 e. The lowest BCUT2D eigenvalue weighted by molar-refractivity contribution is -0.119. The highest BCUT2D eigenvalue weighted by atomic mass is 32.1. The van der Waals surface area contributed by atoms with Crippen LogP contribution in [0.5, 0.6) is 0 Å². The van der Waals surface area contributed by atoms with Gasteiger partial charge in [-0.05, 0) is 36.8 Å². The summed E-state index contributed by atoms with van der Waals surface area (Å²) in [5.41, 5.74) is 8.41. The number of nitrogens with one attached hydrogen (secondary N) is 4. The number of carbonyl (C=O) groups excluding carboxylic acids is 1. The summed E-state index contributed by atoms with van der Waals surface area (Å²) in [6.45, 7) is 2.78. The van der Waals surface area contributed by atoms with Gasteiger partial charge in [-0.2, -0.15) is 0 Å². The Hall–Kier alpha value is -2.60. The number of anilines is 1. The molecular formula is C17H20N4OS. The molecule has 0 spiro atoms. The standard InChI is InChI=1S/C17H20N4OS/c1-13-7-9-15(10-8-13)18-12-16(22)20-21-17(23)19-11-14-5-3-2-4-6-14/h2-10,18H,11-12H2,1H3,(H,20,22)(H2,19,21,23). The van der Waals surface area contributed by atoms with Crippen molar-refractivity contribution in [3.8, 4) is 0 Å². The fourth-order valence-electron chi connectivity index (χ4n) is 1.85. The first kappa shape index (κ1) is 16.8. The number of aryl methyl sites for hydroxylation is 1. The molecule has 0 radical (unpaired) electrons. The monoisotopic (exact) mass is 328 g/mol. The maximum Gasteiger partial charge on any atom is 0.257 e. The van der Waals surface area contributed by atoms with Crippen molar-refractivity contribution in [3.05, 3.63) is 65.7 Å². The molecule has 6 heteroatoms. The van der Waals surface area contributed by atoms with Gasteiger partial charge < -0.3 is 10.6 Å². The van der Waals surface area contributed by atoms with Crippen LogP contribution in [-0.4, -0.2) is 17.6 Å². The van der Waals surface area contributed by atoms with Crippen LogP contribution in [0.1, 0.15) is 11.1 Å². The maximum atomic E-state index is 11.7. The lowest BCUT2D eigenvalue weighted by Gasteiger charge is -2.12. The highest BCUT2D eigenvalue weighted by Gasteiger charge is 2.02. The maximum absolute atomic E-state index is 11.7. The molecule has 0 aromatic heterocycles. The van der Waals surface area contributed by atoms with Crippen molar-refractivity contribution < 1.29 is 4.79 Å². The molecule has 2 aromatic carbocycles. The third-order valence-corrected chi connectivity index (χ3v) is 3.36. The minimum atomic E-state index is -0.200. The van der Waals surface area contributed by atoms with E-state index in [9.17, 15) is 4.79 Å². The number of benzene rings is 2. The van der Waals surface area contributed by atoms with E-state index in [0.29, 0.717) is 11.7 Å². The average Bonchev–Trinajstić information content (AvgIpc) is 2.58. The van der Waals surface area contributed by atoms with Gasteiger partial charge in [0.15, 0.2) is 5.11 Å². The van der Waals surface area contributed by atoms with Gasteiger partial charge >= 0.3 is 0 Å². The second-order valence-corrected chi connectivity index (χ2v) is 5.47. The molecule has 2 aromatic rings. The van der Waals surface area contributed by atoms with Crippen LogP contribution in [0.3, 0.4) is 0 Å². The molecule has 0 heterocycles. The van der Waals surface area contributed by atoms with Gasteiger partial charge in [0, 0.05) is 12.2 Å². The quantitative estimate of drug-likeness (QED) is 0.500. The number of hydrogen-bond donors (Lipinski definition) is 4. The van der Waals surface area contributed by atoms with Gasteiger partial charge in [0.05, 0.1) is 6.54 Å². The van der Waals surface area contributed by atoms with E-state index in [1.54, 1.807) is 0 Å². The molecule has 0 fully saturated rings. The van der Waals surface area contributed by atoms with Crippen LogP contribution >= 0.6 is 12.2 Å². The van der Waals surface area contributed by atoms with E-state index in [0.717, 1.165) is 11.3 Å². The van der Waals surface area contributed by atoms with Gasteiger partial charge in [-0.15, -0.1) is 0 Å². The SMILES string of the molecule is Cc1ccc(NCC(=O)NNC(=S)NCc2ccccc2)cc1. The van der Waals surface area contributed by atoms with Crippen LogP contribution < -0.4 is 21.5 Å². The van der Waals surface area contributed by atoms with Crippen LogP contribution in [0.15, 0.2) is 54.6 Å². The Morgan fingerprint density at radius 1 is 1.00 bits per heavy atom. The van der Waals surface area contributed by atoms with Gasteiger partial charge in [0.25, 0.3) is 5.91 Å². The Labute approximate surface area is 141 Å². The van der Waals surface area contributed by atoms with Crippen molar-refractivity contribution in [1.29, 1.82) is 0 Å². The topological polar surface area (TPSA) is 65.2 Å². The number of hydrogen-bond acceptors (Lipinski definition) is 3. The molecule has 4 N–H and O–H groups in total. The Balaban J connectivity index is 1.63. The molecule has 23 heavy (non-hydrogen) atoms. The Kier molecular flexibility index (Phi) is 6.38. The third kappa shape index (κ3) is 6.36. The lowest BCUT2D eigenvalue weighted by Crippen LogP contribution is -2.48. The Morgan fingerprint density at radius 2 is 1.70 bits per heavy atom. The normalized spacial score (nSPS) is 9.78. The molecule has 0 bridgehead atoms. The summed E-state index contributed by atoms with van der Waals surface area (Å²) in [7, 11) is 0. The fourth-order valence-corrected chi connectivity index (χ4v) is 1.97. The van der Waals surface area contributed by atoms with E-state index in [2.05, 4.69) is 21.5 Å². The van der Waals surface area contributed by atoms with Gasteiger partial charge in [-0.1, -0.05) is 48.0 Å². The minimum absolute atomic E-state index is 0.164. The zero-order valence-corrected chi connectivity index (χ0v) is 13.7. The van der Waals surface area contributed by atoms with Gasteiger partial charge in [-0.25, -0.2) is 0 Å². The van der Waals surface area contributed by atoms with Gasteiger partial charge in [-0.3, -0.25) is 15.6 Å². The molecule has 0 saturated carbocycles. The molecule has 0 aliphatic rings. The molecule has 0 unspecified atom stereocenters. The molecule has 0 aliphatic heterocycles. The van der Waals surface area contributed by atoms with Crippen molar-refractivity contribution in [2.75, 3.05) is 11.9 Å². The Morgan fingerprint density at radius 3 is 2.39 bits per heavy atom. The summed E-state index contributed by atoms with van der Waals surface area (Å²) < 4.78 is 0. The summed E-state index contributed by atoms with van der Waals surface area (Å²) in [6, 6.07) is 17.7. The first-order valence-electron chi connectivity index (χ1n) is 7.30. The molecule has 1 amide bonds. The number of hydrazine groups is 1. The zero-order chi connectivity index (χ0) is 16.5. The second-order valence-electron chi connectivity index (χ2n) is 5.06. The van der Waals surface area contributed by atoms with E-state index >= 15 is 0 Å². The van der Waals surface area contributed by atoms with Crippen LogP contribution in [0, 0.1) is 6.92 Å². The second kappa shape index (κ2) is 8.75. The summed E-state index contributed by atoms with van der Waals surface area (Å²) in [6.07, 6.45) is 0. The zero-order valence-electron chi connectivity index (χ0n) is 12.9. The van der Waals surface area contributed by atoms with Crippen molar-refractivity contribution in [2.24, 2.45) is 0 Å². The number of amides is 1. The van der Waals surface area contributed by atoms with Gasteiger partial charge in [0.1, 0.15) is 0 Å². The van der Waals surface area contributed by atoms with Crippen LogP contribution in [0.25, 0.3) is 0 Å². The van der Waals surface area contributed by atoms with Crippen LogP contribution in [0.4, 0.5) is 5.69 Å². The summed E-state index contributed by atoms with van der Waals surface area (Å²) in [5, 5.41) is 6.43. The number of rotatable bonds is 5. The smallest absolute Gasteiger partial charge is 0.257 e. The van der Waals surface area contributed by atoms with Crippen LogP contribution in [-0.2, 0) is 11.3 Å². The molecule has 0 saturated heterocycles. The van der Waals surface area contributed by atoms with E-state index in [-0.39, 0.29) is 12.5 Å². The van der Waals surface area contributed by atoms with E-state index in [1.807, 2.05) is 61.5 Å². The molecule has 0 atom stereocenters. The summed E-state index contributed by atoms with van der Waals surface area (Å²) >= 11 is 5.11. The third-order valence-electron chi connectivity index (χ3n) is 3.12. The number of carbonyl (C=O) groups is 1. The van der Waals surface area contributed by atoms with Crippen LogP contribution in [0.2, 0.25) is 0 Å². The van der Waals surface area contributed by atoms with E-state index in [1.165, 1.54) is 5.56 Å².